The van der Waals surface area contributed by atoms with Crippen molar-refractivity contribution in [3.05, 3.63) is 23.7 Å². The first-order chi connectivity index (χ1) is 13.5. The van der Waals surface area contributed by atoms with Crippen LogP contribution in [-0.2, 0) is 22.6 Å². The fraction of sp³-hybridized carbons (Fsp3) is 0.579. The summed E-state index contributed by atoms with van der Waals surface area (Å²) in [5, 5.41) is 10.6. The summed E-state index contributed by atoms with van der Waals surface area (Å²) in [6.45, 7) is 5.94. The third-order valence-corrected chi connectivity index (χ3v) is 5.42. The topological polar surface area (TPSA) is 97.2 Å². The van der Waals surface area contributed by atoms with E-state index in [2.05, 4.69) is 25.7 Å². The lowest BCUT2D eigenvalue weighted by Gasteiger charge is -2.32. The Balaban J connectivity index is 1.41. The van der Waals surface area contributed by atoms with Crippen LogP contribution in [0.4, 0.5) is 17.5 Å². The average Bonchev–Trinajstić information content (AvgIpc) is 3.14. The number of amides is 1. The molecular weight excluding hydrogens is 358 g/mol. The maximum absolute atomic E-state index is 12.0. The molecule has 2 unspecified atom stereocenters. The van der Waals surface area contributed by atoms with Crippen molar-refractivity contribution in [2.24, 2.45) is 0 Å². The van der Waals surface area contributed by atoms with E-state index in [0.717, 1.165) is 43.1 Å². The summed E-state index contributed by atoms with van der Waals surface area (Å²) >= 11 is 0. The van der Waals surface area contributed by atoms with Crippen LogP contribution in [-0.4, -0.2) is 51.5 Å². The van der Waals surface area contributed by atoms with Gasteiger partial charge < -0.3 is 20.3 Å². The zero-order chi connectivity index (χ0) is 19.7. The molecule has 2 aromatic rings. The molecule has 2 aromatic heterocycles. The number of nitrogens with one attached hydrogen (secondary N) is 2. The van der Waals surface area contributed by atoms with Crippen LogP contribution in [0.5, 0.6) is 0 Å². The Bertz CT molecular complexity index is 860. The molecule has 0 bridgehead atoms. The van der Waals surface area contributed by atoms with Gasteiger partial charge in [-0.15, -0.1) is 0 Å². The van der Waals surface area contributed by atoms with Crippen molar-refractivity contribution in [3.8, 4) is 0 Å². The van der Waals surface area contributed by atoms with Crippen LogP contribution in [0, 0.1) is 6.92 Å². The minimum atomic E-state index is -0.269. The molecule has 0 spiro atoms. The third-order valence-electron chi connectivity index (χ3n) is 5.42. The van der Waals surface area contributed by atoms with Crippen molar-refractivity contribution in [2.75, 3.05) is 29.2 Å². The lowest BCUT2D eigenvalue weighted by molar-refractivity contribution is -0.117. The molecule has 2 aliphatic heterocycles. The minimum absolute atomic E-state index is 0.0447. The van der Waals surface area contributed by atoms with Crippen LogP contribution < -0.4 is 15.5 Å². The number of carbonyl (C=O) groups is 1. The Labute approximate surface area is 164 Å². The molecule has 0 saturated carbocycles. The molecular formula is C19H27N7O2. The second-order valence-corrected chi connectivity index (χ2v) is 7.52. The number of ether oxygens (including phenoxy) is 1. The average molecular weight is 385 g/mol. The van der Waals surface area contributed by atoms with Gasteiger partial charge in [0.1, 0.15) is 11.7 Å². The van der Waals surface area contributed by atoms with E-state index < -0.39 is 0 Å². The van der Waals surface area contributed by atoms with E-state index in [1.165, 1.54) is 6.42 Å². The molecule has 9 nitrogen and oxygen atoms in total. The van der Waals surface area contributed by atoms with Gasteiger partial charge in [-0.2, -0.15) is 10.1 Å². The SMILES string of the molecule is Cc1nc(NCc2cnn(CC3CCCCO3)c2)nc2c1NC(=O)C(C)N2C. The molecule has 9 heteroatoms. The maximum Gasteiger partial charge on any atom is 0.246 e. The van der Waals surface area contributed by atoms with Gasteiger partial charge in [-0.1, -0.05) is 0 Å². The molecule has 150 valence electrons. The zero-order valence-corrected chi connectivity index (χ0v) is 16.6. The number of carbonyl (C=O) groups excluding carboxylic acids is 1. The molecule has 0 aliphatic carbocycles. The fourth-order valence-electron chi connectivity index (χ4n) is 3.56. The summed E-state index contributed by atoms with van der Waals surface area (Å²) < 4.78 is 7.72. The lowest BCUT2D eigenvalue weighted by atomic mass is 10.1. The summed E-state index contributed by atoms with van der Waals surface area (Å²) in [6.07, 6.45) is 7.62. The lowest BCUT2D eigenvalue weighted by Crippen LogP contribution is -2.44. The van der Waals surface area contributed by atoms with Gasteiger partial charge >= 0.3 is 0 Å². The van der Waals surface area contributed by atoms with E-state index in [0.29, 0.717) is 18.2 Å². The van der Waals surface area contributed by atoms with Crippen molar-refractivity contribution >= 4 is 23.4 Å². The zero-order valence-electron chi connectivity index (χ0n) is 16.6. The Morgan fingerprint density at radius 1 is 1.36 bits per heavy atom. The van der Waals surface area contributed by atoms with Crippen molar-refractivity contribution in [2.45, 2.75) is 58.3 Å². The van der Waals surface area contributed by atoms with Gasteiger partial charge in [0.15, 0.2) is 5.82 Å². The summed E-state index contributed by atoms with van der Waals surface area (Å²) in [6, 6.07) is -0.269. The highest BCUT2D eigenvalue weighted by Crippen LogP contribution is 2.32. The highest BCUT2D eigenvalue weighted by Gasteiger charge is 2.30. The van der Waals surface area contributed by atoms with Crippen LogP contribution in [0.25, 0.3) is 0 Å². The molecule has 2 atom stereocenters. The van der Waals surface area contributed by atoms with Gasteiger partial charge in [0.05, 0.1) is 24.5 Å². The quantitative estimate of drug-likeness (QED) is 0.812. The van der Waals surface area contributed by atoms with E-state index in [9.17, 15) is 4.79 Å². The Hall–Kier alpha value is -2.68. The standard InChI is InChI=1S/C19H27N7O2/c1-12-16-17(25(3)13(2)18(27)23-16)24-19(22-12)20-8-14-9-21-26(10-14)11-15-6-4-5-7-28-15/h9-10,13,15H,4-8,11H2,1-3H3,(H,23,27)(H,20,22,24). The number of hydrogen-bond acceptors (Lipinski definition) is 7. The molecule has 1 saturated heterocycles. The number of nitrogens with zero attached hydrogens (tertiary/aromatic N) is 5. The number of fused-ring (bicyclic) bond motifs is 1. The minimum Gasteiger partial charge on any atom is -0.376 e. The van der Waals surface area contributed by atoms with Gasteiger partial charge in [0, 0.05) is 32.0 Å². The van der Waals surface area contributed by atoms with E-state index in [-0.39, 0.29) is 18.1 Å². The molecule has 1 fully saturated rings. The number of aromatic nitrogens is 4. The van der Waals surface area contributed by atoms with Gasteiger partial charge in [-0.05, 0) is 33.1 Å². The molecule has 1 amide bonds. The molecule has 2 aliphatic rings. The number of anilines is 3. The second kappa shape index (κ2) is 7.75. The fourth-order valence-corrected chi connectivity index (χ4v) is 3.56. The van der Waals surface area contributed by atoms with Crippen molar-refractivity contribution in [1.82, 2.24) is 19.7 Å². The van der Waals surface area contributed by atoms with Gasteiger partial charge in [-0.3, -0.25) is 9.48 Å². The Kier molecular flexibility index (Phi) is 5.17. The molecule has 0 radical (unpaired) electrons. The predicted molar refractivity (Wildman–Crippen MR) is 106 cm³/mol. The van der Waals surface area contributed by atoms with E-state index in [4.69, 9.17) is 4.74 Å². The van der Waals surface area contributed by atoms with E-state index >= 15 is 0 Å². The van der Waals surface area contributed by atoms with Crippen molar-refractivity contribution < 1.29 is 9.53 Å². The van der Waals surface area contributed by atoms with Crippen LogP contribution in [0.3, 0.4) is 0 Å². The first-order valence-corrected chi connectivity index (χ1v) is 9.80. The summed E-state index contributed by atoms with van der Waals surface area (Å²) in [4.78, 5) is 23.0. The van der Waals surface area contributed by atoms with Crippen LogP contribution in [0.15, 0.2) is 12.4 Å². The van der Waals surface area contributed by atoms with Crippen molar-refractivity contribution in [1.29, 1.82) is 0 Å². The summed E-state index contributed by atoms with van der Waals surface area (Å²) in [7, 11) is 1.87. The smallest absolute Gasteiger partial charge is 0.246 e. The molecule has 28 heavy (non-hydrogen) atoms. The van der Waals surface area contributed by atoms with E-state index in [1.807, 2.05) is 42.9 Å². The second-order valence-electron chi connectivity index (χ2n) is 7.52. The maximum atomic E-state index is 12.0. The number of likely N-dealkylation sites (N-methyl/N-ethyl adjacent to an activating group) is 1. The highest BCUT2D eigenvalue weighted by atomic mass is 16.5. The number of aryl methyl sites for hydroxylation is 1. The highest BCUT2D eigenvalue weighted by molar-refractivity contribution is 6.03. The van der Waals surface area contributed by atoms with Gasteiger partial charge in [-0.25, -0.2) is 4.98 Å². The summed E-state index contributed by atoms with van der Waals surface area (Å²) in [5.41, 5.74) is 2.48. The molecule has 4 rings (SSSR count). The number of hydrogen-bond donors (Lipinski definition) is 2. The predicted octanol–water partition coefficient (Wildman–Crippen LogP) is 1.94. The van der Waals surface area contributed by atoms with Crippen LogP contribution in [0.1, 0.15) is 37.4 Å². The molecule has 2 N–H and O–H groups in total. The largest absolute Gasteiger partial charge is 0.376 e. The summed E-state index contributed by atoms with van der Waals surface area (Å²) in [5.74, 6) is 1.22. The third kappa shape index (κ3) is 3.80. The monoisotopic (exact) mass is 385 g/mol. The first kappa shape index (κ1) is 18.7. The number of rotatable bonds is 5. The Morgan fingerprint density at radius 2 is 2.21 bits per heavy atom. The normalized spacial score (nSPS) is 22.0. The Morgan fingerprint density at radius 3 is 3.00 bits per heavy atom. The van der Waals surface area contributed by atoms with Gasteiger partial charge in [0.25, 0.3) is 0 Å². The van der Waals surface area contributed by atoms with E-state index in [1.54, 1.807) is 0 Å². The molecule has 0 aromatic carbocycles. The molecule has 4 heterocycles. The van der Waals surface area contributed by atoms with Crippen molar-refractivity contribution in [3.63, 3.8) is 0 Å². The first-order valence-electron chi connectivity index (χ1n) is 9.80. The van der Waals surface area contributed by atoms with Crippen LogP contribution in [0.2, 0.25) is 0 Å². The van der Waals surface area contributed by atoms with Crippen LogP contribution >= 0.6 is 0 Å². The van der Waals surface area contributed by atoms with Gasteiger partial charge in [0.2, 0.25) is 11.9 Å².